The van der Waals surface area contributed by atoms with Gasteiger partial charge in [-0.15, -0.1) is 0 Å². The first-order valence-electron chi connectivity index (χ1n) is 2.68. The number of hydrogen-bond donors (Lipinski definition) is 2. The minimum atomic E-state index is -5.34. The van der Waals surface area contributed by atoms with E-state index < -0.39 is 31.1 Å². The zero-order valence-electron chi connectivity index (χ0n) is 7.17. The summed E-state index contributed by atoms with van der Waals surface area (Å²) in [6.07, 6.45) is 0. The van der Waals surface area contributed by atoms with Gasteiger partial charge in [0.1, 0.15) is 0 Å². The number of rotatable bonds is 0. The molecule has 6 nitrogen and oxygen atoms in total. The zero-order chi connectivity index (χ0) is 14.0. The summed E-state index contributed by atoms with van der Waals surface area (Å²) in [5.41, 5.74) is -10.6. The van der Waals surface area contributed by atoms with Crippen LogP contribution in [0.5, 0.6) is 0 Å². The van der Waals surface area contributed by atoms with Gasteiger partial charge < -0.3 is 0 Å². The van der Waals surface area contributed by atoms with Crippen LogP contribution in [0, 0.1) is 0 Å². The maximum atomic E-state index is 10.8. The van der Waals surface area contributed by atoms with Crippen LogP contribution in [-0.4, -0.2) is 27.9 Å². The van der Waals surface area contributed by atoms with Crippen molar-refractivity contribution in [2.45, 2.75) is 11.0 Å². The minimum absolute atomic E-state index is 0. The van der Waals surface area contributed by atoms with Gasteiger partial charge in [0.15, 0.2) is 0 Å². The summed E-state index contributed by atoms with van der Waals surface area (Å²) in [6, 6.07) is 0. The van der Waals surface area contributed by atoms with E-state index in [1.807, 2.05) is 0 Å². The fourth-order valence-corrected chi connectivity index (χ4v) is 0. The first kappa shape index (κ1) is 22.3. The first-order valence-corrected chi connectivity index (χ1v) is 5.77. The fraction of sp³-hybridized carbons (Fsp3) is 1.00. The standard InChI is InChI=1S/2CH2F3NO2S.Ag/c2*2-1(3,4)8(5,6)7;/h2*(H2,5,6,7);. The number of hydrogen-bond acceptors (Lipinski definition) is 4. The van der Waals surface area contributed by atoms with Crippen molar-refractivity contribution >= 4 is 20.0 Å². The van der Waals surface area contributed by atoms with Crippen LogP contribution >= 0.6 is 0 Å². The van der Waals surface area contributed by atoms with Gasteiger partial charge in [0, 0.05) is 22.4 Å². The SMILES string of the molecule is NS(=O)(=O)C(F)(F)F.NS(=O)(=O)C(F)(F)F.[Ag]. The van der Waals surface area contributed by atoms with Gasteiger partial charge in [0.25, 0.3) is 0 Å². The molecule has 0 aliphatic rings. The third kappa shape index (κ3) is 9.81. The Morgan fingerprint density at radius 3 is 0.706 bits per heavy atom. The Balaban J connectivity index is -0.000000218. The number of primary sulfonamides is 2. The van der Waals surface area contributed by atoms with E-state index in [1.165, 1.54) is 0 Å². The summed E-state index contributed by atoms with van der Waals surface area (Å²) >= 11 is 0. The summed E-state index contributed by atoms with van der Waals surface area (Å²) < 4.78 is 102. The molecule has 17 heavy (non-hydrogen) atoms. The number of nitrogens with two attached hydrogens (primary N) is 2. The molecule has 15 heteroatoms. The molecule has 1 radical (unpaired) electrons. The van der Waals surface area contributed by atoms with Gasteiger partial charge in [-0.3, -0.25) is 0 Å². The van der Waals surface area contributed by atoms with Gasteiger partial charge in [-0.25, -0.2) is 27.1 Å². The Hall–Kier alpha value is 0.140. The van der Waals surface area contributed by atoms with Crippen LogP contribution in [0.15, 0.2) is 0 Å². The van der Waals surface area contributed by atoms with Crippen LogP contribution in [0.2, 0.25) is 0 Å². The second-order valence-corrected chi connectivity index (χ2v) is 5.09. The van der Waals surface area contributed by atoms with E-state index in [0.717, 1.165) is 0 Å². The van der Waals surface area contributed by atoms with E-state index in [0.29, 0.717) is 0 Å². The molecule has 0 amide bonds. The molecule has 0 aliphatic heterocycles. The van der Waals surface area contributed by atoms with E-state index in [1.54, 1.807) is 0 Å². The monoisotopic (exact) mass is 405 g/mol. The molecule has 111 valence electrons. The van der Waals surface area contributed by atoms with E-state index in [-0.39, 0.29) is 22.4 Å². The van der Waals surface area contributed by atoms with E-state index >= 15 is 0 Å². The van der Waals surface area contributed by atoms with Crippen molar-refractivity contribution in [3.05, 3.63) is 0 Å². The molecule has 0 saturated heterocycles. The van der Waals surface area contributed by atoms with Crippen LogP contribution < -0.4 is 10.3 Å². The third-order valence-corrected chi connectivity index (χ3v) is 1.94. The number of sulfonamides is 2. The van der Waals surface area contributed by atoms with Crippen LogP contribution in [0.25, 0.3) is 0 Å². The molecule has 0 heterocycles. The van der Waals surface area contributed by atoms with E-state index in [2.05, 4.69) is 10.3 Å². The van der Waals surface area contributed by atoms with E-state index in [9.17, 15) is 43.2 Å². The number of halogens is 6. The molecule has 0 bridgehead atoms. The van der Waals surface area contributed by atoms with Gasteiger partial charge in [-0.2, -0.15) is 26.3 Å². The molecule has 0 aromatic carbocycles. The molecule has 0 atom stereocenters. The van der Waals surface area contributed by atoms with Crippen LogP contribution in [-0.2, 0) is 42.4 Å². The summed E-state index contributed by atoms with van der Waals surface area (Å²) in [5.74, 6) is 0. The van der Waals surface area contributed by atoms with Crippen LogP contribution in [0.4, 0.5) is 26.3 Å². The fourth-order valence-electron chi connectivity index (χ4n) is 0. The van der Waals surface area contributed by atoms with Crippen molar-refractivity contribution in [1.82, 2.24) is 0 Å². The molecule has 0 aliphatic carbocycles. The molecule has 4 N–H and O–H groups in total. The molecule has 0 aromatic heterocycles. The van der Waals surface area contributed by atoms with Crippen molar-refractivity contribution in [3.63, 3.8) is 0 Å². The van der Waals surface area contributed by atoms with Crippen LogP contribution in [0.3, 0.4) is 0 Å². The summed E-state index contributed by atoms with van der Waals surface area (Å²) in [7, 11) is -10.7. The smallest absolute Gasteiger partial charge is 0.221 e. The van der Waals surface area contributed by atoms with Gasteiger partial charge in [0.05, 0.1) is 0 Å². The minimum Gasteiger partial charge on any atom is -0.221 e. The van der Waals surface area contributed by atoms with Crippen molar-refractivity contribution in [1.29, 1.82) is 0 Å². The van der Waals surface area contributed by atoms with Gasteiger partial charge >= 0.3 is 31.1 Å². The van der Waals surface area contributed by atoms with Crippen molar-refractivity contribution < 1.29 is 65.6 Å². The molecule has 0 unspecified atom stereocenters. The van der Waals surface area contributed by atoms with Crippen molar-refractivity contribution in [3.8, 4) is 0 Å². The average molecular weight is 406 g/mol. The topological polar surface area (TPSA) is 120 Å². The predicted octanol–water partition coefficient (Wildman–Crippen LogP) is -0.413. The second kappa shape index (κ2) is 6.35. The summed E-state index contributed by atoms with van der Waals surface area (Å²) in [5, 5.41) is 7.32. The molecule has 0 rings (SSSR count). The molecular formula is C2H4AgF6N2O4S2. The second-order valence-electron chi connectivity index (χ2n) is 1.98. The molecule has 0 saturated carbocycles. The Morgan fingerprint density at radius 1 is 0.647 bits per heavy atom. The summed E-state index contributed by atoms with van der Waals surface area (Å²) in [4.78, 5) is 0. The van der Waals surface area contributed by atoms with Gasteiger partial charge in [0.2, 0.25) is 0 Å². The average Bonchev–Trinajstić information content (AvgIpc) is 1.77. The van der Waals surface area contributed by atoms with Crippen molar-refractivity contribution in [2.24, 2.45) is 10.3 Å². The summed E-state index contributed by atoms with van der Waals surface area (Å²) in [6.45, 7) is 0. The Morgan fingerprint density at radius 2 is 0.706 bits per heavy atom. The maximum absolute atomic E-state index is 10.8. The van der Waals surface area contributed by atoms with E-state index in [4.69, 9.17) is 0 Å². The quantitative estimate of drug-likeness (QED) is 0.420. The largest absolute Gasteiger partial charge is 0.511 e. The Kier molecular flexibility index (Phi) is 8.34. The normalized spacial score (nSPS) is 13.2. The predicted molar refractivity (Wildman–Crippen MR) is 38.3 cm³/mol. The zero-order valence-corrected chi connectivity index (χ0v) is 10.3. The third-order valence-electron chi connectivity index (χ3n) is 0.645. The Bertz CT molecular complexity index is 380. The molecule has 0 aromatic rings. The van der Waals surface area contributed by atoms with Crippen LogP contribution in [0.1, 0.15) is 0 Å². The van der Waals surface area contributed by atoms with Gasteiger partial charge in [-0.1, -0.05) is 0 Å². The first-order chi connectivity index (χ1) is 6.50. The molecule has 0 spiro atoms. The Labute approximate surface area is 107 Å². The van der Waals surface area contributed by atoms with Crippen molar-refractivity contribution in [2.75, 3.05) is 0 Å². The number of alkyl halides is 6. The van der Waals surface area contributed by atoms with Gasteiger partial charge in [-0.05, 0) is 0 Å². The molecule has 0 fully saturated rings. The maximum Gasteiger partial charge on any atom is 0.511 e. The molecular weight excluding hydrogens is 402 g/mol.